The molecule has 5 nitrogen and oxygen atoms in total. The van der Waals surface area contributed by atoms with E-state index in [2.05, 4.69) is 0 Å². The molecular formula is C14H15NO4. The Morgan fingerprint density at radius 3 is 2.42 bits per heavy atom. The predicted octanol–water partition coefficient (Wildman–Crippen LogP) is 0.867. The van der Waals surface area contributed by atoms with Gasteiger partial charge in [0, 0.05) is 13.2 Å². The Morgan fingerprint density at radius 2 is 1.84 bits per heavy atom. The second kappa shape index (κ2) is 6.26. The molecule has 19 heavy (non-hydrogen) atoms. The lowest BCUT2D eigenvalue weighted by atomic mass is 10.2. The molecule has 100 valence electrons. The molecule has 0 aromatic heterocycles. The highest BCUT2D eigenvalue weighted by molar-refractivity contribution is 5.48. The van der Waals surface area contributed by atoms with Gasteiger partial charge in [0.2, 0.25) is 5.43 Å². The molecule has 0 unspecified atom stereocenters. The van der Waals surface area contributed by atoms with Crippen molar-refractivity contribution < 1.29 is 9.57 Å². The van der Waals surface area contributed by atoms with Crippen LogP contribution in [0.15, 0.2) is 46.0 Å². The van der Waals surface area contributed by atoms with Crippen molar-refractivity contribution in [2.45, 2.75) is 6.54 Å². The van der Waals surface area contributed by atoms with Gasteiger partial charge in [-0.1, -0.05) is 30.3 Å². The summed E-state index contributed by atoms with van der Waals surface area (Å²) in [6, 6.07) is 10.9. The first kappa shape index (κ1) is 13.5. The maximum absolute atomic E-state index is 11.5. The summed E-state index contributed by atoms with van der Waals surface area (Å²) in [5, 5.41) is 1.44. The number of ether oxygens (including phenoxy) is 1. The van der Waals surface area contributed by atoms with E-state index < -0.39 is 10.9 Å². The third kappa shape index (κ3) is 3.27. The van der Waals surface area contributed by atoms with E-state index in [-0.39, 0.29) is 0 Å². The lowest BCUT2D eigenvalue weighted by Gasteiger charge is -2.23. The molecule has 2 aromatic rings. The van der Waals surface area contributed by atoms with E-state index in [0.29, 0.717) is 25.4 Å². The highest BCUT2D eigenvalue weighted by Crippen LogP contribution is 2.12. The van der Waals surface area contributed by atoms with Crippen LogP contribution >= 0.6 is 0 Å². The third-order valence-electron chi connectivity index (χ3n) is 2.70. The van der Waals surface area contributed by atoms with Crippen molar-refractivity contribution in [3.05, 3.63) is 62.4 Å². The van der Waals surface area contributed by atoms with E-state index in [9.17, 15) is 9.59 Å². The highest BCUT2D eigenvalue weighted by Gasteiger charge is 2.18. The van der Waals surface area contributed by atoms with Crippen LogP contribution in [-0.4, -0.2) is 20.3 Å². The summed E-state index contributed by atoms with van der Waals surface area (Å²) < 4.78 is 4.90. The minimum Gasteiger partial charge on any atom is -0.382 e. The van der Waals surface area contributed by atoms with E-state index in [1.54, 1.807) is 7.11 Å². The minimum atomic E-state index is -0.506. The fraction of sp³-hybridized carbons (Fsp3) is 0.286. The van der Waals surface area contributed by atoms with Gasteiger partial charge >= 0.3 is 0 Å². The maximum Gasteiger partial charge on any atom is 0.251 e. The van der Waals surface area contributed by atoms with Gasteiger partial charge in [-0.2, -0.15) is 0 Å². The summed E-state index contributed by atoms with van der Waals surface area (Å²) in [4.78, 5) is 27.9. The molecule has 0 heterocycles. The van der Waals surface area contributed by atoms with E-state index in [1.807, 2.05) is 30.3 Å². The van der Waals surface area contributed by atoms with Crippen LogP contribution in [0, 0.1) is 0 Å². The number of rotatable bonds is 7. The molecule has 0 spiro atoms. The van der Waals surface area contributed by atoms with Gasteiger partial charge in [-0.15, -0.1) is 0 Å². The topological polar surface area (TPSA) is 55.8 Å². The summed E-state index contributed by atoms with van der Waals surface area (Å²) in [7, 11) is 1.57. The number of anilines is 1. The SMILES string of the molecule is COCCON(Cc1ccccc1)c1cc(=O)c1=O. The standard InChI is InChI=1S/C14H15NO4/c1-18-7-8-19-15(12-9-13(16)14(12)17)10-11-5-3-2-4-6-11/h2-6,9H,7-8,10H2,1H3. The number of benzene rings is 1. The fourth-order valence-corrected chi connectivity index (χ4v) is 1.67. The van der Waals surface area contributed by atoms with Crippen molar-refractivity contribution in [2.24, 2.45) is 0 Å². The molecule has 0 amide bonds. The van der Waals surface area contributed by atoms with E-state index in [0.717, 1.165) is 5.56 Å². The molecule has 0 aliphatic rings. The average molecular weight is 261 g/mol. The zero-order valence-electron chi connectivity index (χ0n) is 10.7. The molecule has 0 saturated carbocycles. The van der Waals surface area contributed by atoms with Gasteiger partial charge in [0.15, 0.2) is 0 Å². The summed E-state index contributed by atoms with van der Waals surface area (Å²) >= 11 is 0. The first-order valence-electron chi connectivity index (χ1n) is 5.96. The van der Waals surface area contributed by atoms with Gasteiger partial charge in [0.1, 0.15) is 5.69 Å². The second-order valence-electron chi connectivity index (χ2n) is 4.07. The molecule has 0 bridgehead atoms. The molecule has 0 aliphatic heterocycles. The van der Waals surface area contributed by atoms with Crippen LogP contribution in [0.5, 0.6) is 0 Å². The smallest absolute Gasteiger partial charge is 0.251 e. The first-order valence-corrected chi connectivity index (χ1v) is 5.96. The van der Waals surface area contributed by atoms with Crippen LogP contribution in [0.2, 0.25) is 0 Å². The maximum atomic E-state index is 11.5. The van der Waals surface area contributed by atoms with Gasteiger partial charge in [-0.05, 0) is 5.56 Å². The van der Waals surface area contributed by atoms with Crippen molar-refractivity contribution in [1.29, 1.82) is 0 Å². The zero-order valence-corrected chi connectivity index (χ0v) is 10.7. The van der Waals surface area contributed by atoms with Crippen LogP contribution in [0.3, 0.4) is 0 Å². The van der Waals surface area contributed by atoms with Gasteiger partial charge in [0.25, 0.3) is 5.43 Å². The summed E-state index contributed by atoms with van der Waals surface area (Å²) in [6.07, 6.45) is 0. The zero-order chi connectivity index (χ0) is 13.7. The van der Waals surface area contributed by atoms with Crippen molar-refractivity contribution in [3.8, 4) is 0 Å². The van der Waals surface area contributed by atoms with Gasteiger partial charge in [-0.25, -0.2) is 5.06 Å². The lowest BCUT2D eigenvalue weighted by molar-refractivity contribution is 0.0518. The Bertz CT molecular complexity index is 587. The highest BCUT2D eigenvalue weighted by atomic mass is 16.7. The second-order valence-corrected chi connectivity index (χ2v) is 4.07. The minimum absolute atomic E-state index is 0.296. The molecule has 0 N–H and O–H groups in total. The Kier molecular flexibility index (Phi) is 4.43. The van der Waals surface area contributed by atoms with E-state index in [4.69, 9.17) is 9.57 Å². The Balaban J connectivity index is 2.09. The molecule has 2 aromatic carbocycles. The molecule has 5 heteroatoms. The Hall–Kier alpha value is -1.98. The van der Waals surface area contributed by atoms with E-state index >= 15 is 0 Å². The van der Waals surface area contributed by atoms with Crippen LogP contribution in [-0.2, 0) is 16.1 Å². The molecule has 0 aliphatic carbocycles. The van der Waals surface area contributed by atoms with Crippen LogP contribution in [0.25, 0.3) is 0 Å². The molecule has 0 atom stereocenters. The van der Waals surface area contributed by atoms with Crippen LogP contribution in [0.1, 0.15) is 5.56 Å². The van der Waals surface area contributed by atoms with Crippen LogP contribution in [0.4, 0.5) is 5.69 Å². The molecule has 2 rings (SSSR count). The quantitative estimate of drug-likeness (QED) is 0.420. The fourth-order valence-electron chi connectivity index (χ4n) is 1.67. The number of hydrogen-bond donors (Lipinski definition) is 0. The molecular weight excluding hydrogens is 246 g/mol. The van der Waals surface area contributed by atoms with Crippen molar-refractivity contribution in [1.82, 2.24) is 0 Å². The number of hydrogen-bond acceptors (Lipinski definition) is 5. The molecule has 0 saturated heterocycles. The predicted molar refractivity (Wildman–Crippen MR) is 71.8 cm³/mol. The largest absolute Gasteiger partial charge is 0.382 e. The number of methoxy groups -OCH3 is 1. The number of nitrogens with zero attached hydrogens (tertiary/aromatic N) is 1. The van der Waals surface area contributed by atoms with Crippen LogP contribution < -0.4 is 15.9 Å². The van der Waals surface area contributed by atoms with E-state index in [1.165, 1.54) is 11.1 Å². The molecule has 0 fully saturated rings. The van der Waals surface area contributed by atoms with Crippen molar-refractivity contribution in [3.63, 3.8) is 0 Å². The monoisotopic (exact) mass is 261 g/mol. The molecule has 0 radical (unpaired) electrons. The first-order chi connectivity index (χ1) is 9.22. The van der Waals surface area contributed by atoms with Gasteiger partial charge in [-0.3, -0.25) is 14.4 Å². The third-order valence-corrected chi connectivity index (χ3v) is 2.70. The summed E-state index contributed by atoms with van der Waals surface area (Å²) in [6.45, 7) is 1.15. The van der Waals surface area contributed by atoms with Crippen molar-refractivity contribution >= 4 is 5.69 Å². The Labute approximate surface area is 110 Å². The normalized spacial score (nSPS) is 10.8. The number of hydroxylamine groups is 1. The lowest BCUT2D eigenvalue weighted by Crippen LogP contribution is -2.39. The average Bonchev–Trinajstić information content (AvgIpc) is 2.45. The summed E-state index contributed by atoms with van der Waals surface area (Å²) in [5.41, 5.74) is 0.301. The summed E-state index contributed by atoms with van der Waals surface area (Å²) in [5.74, 6) is 0. The van der Waals surface area contributed by atoms with Crippen molar-refractivity contribution in [2.75, 3.05) is 25.4 Å². The Morgan fingerprint density at radius 1 is 1.11 bits per heavy atom. The van der Waals surface area contributed by atoms with Gasteiger partial charge < -0.3 is 4.74 Å². The van der Waals surface area contributed by atoms with Gasteiger partial charge in [0.05, 0.1) is 19.8 Å².